The van der Waals surface area contributed by atoms with Crippen molar-refractivity contribution in [3.63, 3.8) is 0 Å². The third-order valence-corrected chi connectivity index (χ3v) is 5.94. The number of anilines is 1. The quantitative estimate of drug-likeness (QED) is 0.724. The van der Waals surface area contributed by atoms with Crippen LogP contribution in [0.5, 0.6) is 0 Å². The lowest BCUT2D eigenvalue weighted by Gasteiger charge is -2.36. The second-order valence-corrected chi connectivity index (χ2v) is 7.63. The van der Waals surface area contributed by atoms with Gasteiger partial charge in [-0.3, -0.25) is 4.79 Å². The fourth-order valence-electron chi connectivity index (χ4n) is 4.07. The third-order valence-electron chi connectivity index (χ3n) is 5.94. The Morgan fingerprint density at radius 1 is 1.07 bits per heavy atom. The lowest BCUT2D eigenvalue weighted by atomic mass is 9.96. The van der Waals surface area contributed by atoms with Crippen molar-refractivity contribution in [2.45, 2.75) is 26.7 Å². The molecular weight excluding hydrogens is 414 g/mol. The number of piperazine rings is 1. The van der Waals surface area contributed by atoms with Crippen molar-refractivity contribution in [2.75, 3.05) is 63.8 Å². The molecule has 1 aromatic rings. The number of hydrogen-bond donors (Lipinski definition) is 1. The molecule has 2 saturated heterocycles. The Kier molecular flexibility index (Phi) is 11.3. The summed E-state index contributed by atoms with van der Waals surface area (Å²) < 4.78 is 14.7. The maximum Gasteiger partial charge on any atom is 0.253 e. The molecule has 1 amide bonds. The highest BCUT2D eigenvalue weighted by atomic mass is 35.5. The Hall–Kier alpha value is -1.08. The first-order valence-electron chi connectivity index (χ1n) is 10.4. The molecule has 0 bridgehead atoms. The first-order valence-corrected chi connectivity index (χ1v) is 10.4. The molecule has 2 aliphatic rings. The summed E-state index contributed by atoms with van der Waals surface area (Å²) in [5.74, 6) is 0.306. The zero-order valence-electron chi connectivity index (χ0n) is 17.5. The summed E-state index contributed by atoms with van der Waals surface area (Å²) in [5.41, 5.74) is 1.08. The summed E-state index contributed by atoms with van der Waals surface area (Å²) in [6.07, 6.45) is 2.03. The Labute approximate surface area is 186 Å². The van der Waals surface area contributed by atoms with E-state index in [2.05, 4.69) is 29.0 Å². The number of likely N-dealkylation sites (N-methyl/N-ethyl adjacent to an activating group) is 1. The number of benzene rings is 1. The number of rotatable bonds is 6. The molecule has 2 heterocycles. The highest BCUT2D eigenvalue weighted by molar-refractivity contribution is 5.94. The smallest absolute Gasteiger partial charge is 0.253 e. The zero-order valence-corrected chi connectivity index (χ0v) is 19.2. The number of halogens is 3. The van der Waals surface area contributed by atoms with Crippen molar-refractivity contribution in [2.24, 2.45) is 5.92 Å². The first-order chi connectivity index (χ1) is 13.1. The second-order valence-electron chi connectivity index (χ2n) is 7.63. The van der Waals surface area contributed by atoms with Crippen LogP contribution in [0, 0.1) is 11.7 Å². The molecule has 0 saturated carbocycles. The number of carbonyl (C=O) groups is 1. The number of nitrogens with one attached hydrogen (secondary N) is 1. The average Bonchev–Trinajstić information content (AvgIpc) is 2.72. The maximum absolute atomic E-state index is 14.7. The van der Waals surface area contributed by atoms with E-state index >= 15 is 0 Å². The van der Waals surface area contributed by atoms with E-state index in [1.165, 1.54) is 6.07 Å². The van der Waals surface area contributed by atoms with Crippen LogP contribution in [0.3, 0.4) is 0 Å². The van der Waals surface area contributed by atoms with Crippen LogP contribution in [0.4, 0.5) is 10.1 Å². The molecule has 0 atom stereocenters. The van der Waals surface area contributed by atoms with Crippen LogP contribution in [0.2, 0.25) is 0 Å². The molecule has 29 heavy (non-hydrogen) atoms. The molecule has 2 fully saturated rings. The predicted octanol–water partition coefficient (Wildman–Crippen LogP) is 3.27. The molecule has 1 N–H and O–H groups in total. The molecule has 8 heteroatoms. The standard InChI is InChI=1S/C21H33FN4O.2ClH/c1-3-23-16-17-7-9-26(10-8-17)21(27)18-5-6-20(19(22)15-18)25-13-11-24(4-2)12-14-25;;/h5-6,15,17,23H,3-4,7-14,16H2,1-2H3;2*1H. The number of carbonyl (C=O) groups excluding carboxylic acids is 1. The van der Waals surface area contributed by atoms with Crippen molar-refractivity contribution in [1.29, 1.82) is 0 Å². The van der Waals surface area contributed by atoms with Crippen molar-refractivity contribution < 1.29 is 9.18 Å². The lowest BCUT2D eigenvalue weighted by Crippen LogP contribution is -2.46. The number of likely N-dealkylation sites (tertiary alicyclic amines) is 1. The van der Waals surface area contributed by atoms with Crippen molar-refractivity contribution >= 4 is 36.4 Å². The van der Waals surface area contributed by atoms with E-state index in [1.54, 1.807) is 12.1 Å². The van der Waals surface area contributed by atoms with E-state index in [1.807, 2.05) is 4.90 Å². The fourth-order valence-corrected chi connectivity index (χ4v) is 4.07. The van der Waals surface area contributed by atoms with Gasteiger partial charge in [0.05, 0.1) is 5.69 Å². The summed E-state index contributed by atoms with van der Waals surface area (Å²) in [6, 6.07) is 4.99. The molecule has 0 aromatic heterocycles. The van der Waals surface area contributed by atoms with Gasteiger partial charge < -0.3 is 20.0 Å². The van der Waals surface area contributed by atoms with Gasteiger partial charge in [-0.2, -0.15) is 0 Å². The molecule has 166 valence electrons. The molecule has 5 nitrogen and oxygen atoms in total. The lowest BCUT2D eigenvalue weighted by molar-refractivity contribution is 0.0690. The van der Waals surface area contributed by atoms with Gasteiger partial charge in [0, 0.05) is 44.8 Å². The molecule has 1 aromatic carbocycles. The van der Waals surface area contributed by atoms with E-state index in [4.69, 9.17) is 0 Å². The van der Waals surface area contributed by atoms with E-state index in [0.29, 0.717) is 17.2 Å². The molecule has 2 aliphatic heterocycles. The fraction of sp³-hybridized carbons (Fsp3) is 0.667. The number of nitrogens with zero attached hydrogens (tertiary/aromatic N) is 3. The summed E-state index contributed by atoms with van der Waals surface area (Å²) in [4.78, 5) is 19.1. The van der Waals surface area contributed by atoms with Gasteiger partial charge in [0.25, 0.3) is 5.91 Å². The van der Waals surface area contributed by atoms with Gasteiger partial charge in [-0.05, 0) is 56.6 Å². The van der Waals surface area contributed by atoms with Crippen molar-refractivity contribution in [3.05, 3.63) is 29.6 Å². The van der Waals surface area contributed by atoms with E-state index in [9.17, 15) is 9.18 Å². The van der Waals surface area contributed by atoms with Gasteiger partial charge in [-0.15, -0.1) is 24.8 Å². The molecule has 0 spiro atoms. The zero-order chi connectivity index (χ0) is 19.2. The van der Waals surface area contributed by atoms with Gasteiger partial charge >= 0.3 is 0 Å². The van der Waals surface area contributed by atoms with Crippen molar-refractivity contribution in [1.82, 2.24) is 15.1 Å². The van der Waals surface area contributed by atoms with E-state index in [0.717, 1.165) is 71.7 Å². The third kappa shape index (κ3) is 6.71. The van der Waals surface area contributed by atoms with Crippen molar-refractivity contribution in [3.8, 4) is 0 Å². The van der Waals surface area contributed by atoms with Crippen LogP contribution < -0.4 is 10.2 Å². The Bertz CT molecular complexity index is 633. The van der Waals surface area contributed by atoms with Crippen LogP contribution in [-0.2, 0) is 0 Å². The van der Waals surface area contributed by atoms with Crippen LogP contribution in [0.15, 0.2) is 18.2 Å². The predicted molar refractivity (Wildman–Crippen MR) is 122 cm³/mol. The summed E-state index contributed by atoms with van der Waals surface area (Å²) in [6.45, 7) is 12.4. The average molecular weight is 449 g/mol. The first kappa shape index (κ1) is 26.0. The van der Waals surface area contributed by atoms with Gasteiger partial charge in [-0.1, -0.05) is 13.8 Å². The number of hydrogen-bond acceptors (Lipinski definition) is 4. The van der Waals surface area contributed by atoms with E-state index < -0.39 is 0 Å². The minimum Gasteiger partial charge on any atom is -0.367 e. The minimum atomic E-state index is -0.284. The molecule has 3 rings (SSSR count). The van der Waals surface area contributed by atoms with E-state index in [-0.39, 0.29) is 36.5 Å². The van der Waals surface area contributed by atoms with Crippen LogP contribution in [-0.4, -0.2) is 74.6 Å². The highest BCUT2D eigenvalue weighted by Gasteiger charge is 2.25. The van der Waals surface area contributed by atoms with Gasteiger partial charge in [-0.25, -0.2) is 4.39 Å². The van der Waals surface area contributed by atoms with Gasteiger partial charge in [0.15, 0.2) is 0 Å². The Morgan fingerprint density at radius 2 is 1.72 bits per heavy atom. The maximum atomic E-state index is 14.7. The molecule has 0 unspecified atom stereocenters. The number of piperidine rings is 1. The Morgan fingerprint density at radius 3 is 2.28 bits per heavy atom. The molecular formula is C21H35Cl2FN4O. The monoisotopic (exact) mass is 448 g/mol. The molecule has 0 aliphatic carbocycles. The second kappa shape index (κ2) is 12.6. The topological polar surface area (TPSA) is 38.8 Å². The minimum absolute atomic E-state index is 0. The summed E-state index contributed by atoms with van der Waals surface area (Å²) in [5, 5.41) is 3.38. The molecule has 0 radical (unpaired) electrons. The largest absolute Gasteiger partial charge is 0.367 e. The van der Waals surface area contributed by atoms with Gasteiger partial charge in [0.2, 0.25) is 0 Å². The van der Waals surface area contributed by atoms with Crippen LogP contribution in [0.25, 0.3) is 0 Å². The normalized spacial score (nSPS) is 18.2. The SMILES string of the molecule is CCNCC1CCN(C(=O)c2ccc(N3CCN(CC)CC3)c(F)c2)CC1.Cl.Cl. The number of amides is 1. The highest BCUT2D eigenvalue weighted by Crippen LogP contribution is 2.24. The summed E-state index contributed by atoms with van der Waals surface area (Å²) >= 11 is 0. The summed E-state index contributed by atoms with van der Waals surface area (Å²) in [7, 11) is 0. The van der Waals surface area contributed by atoms with Gasteiger partial charge in [0.1, 0.15) is 5.82 Å². The van der Waals surface area contributed by atoms with Crippen LogP contribution >= 0.6 is 24.8 Å². The van der Waals surface area contributed by atoms with Crippen LogP contribution in [0.1, 0.15) is 37.0 Å². The Balaban J connectivity index is 0.00000210.